The van der Waals surface area contributed by atoms with Gasteiger partial charge in [0.1, 0.15) is 0 Å². The van der Waals surface area contributed by atoms with Crippen molar-refractivity contribution in [3.8, 4) is 0 Å². The van der Waals surface area contributed by atoms with E-state index in [0.29, 0.717) is 5.54 Å². The molecule has 0 radical (unpaired) electrons. The van der Waals surface area contributed by atoms with Crippen LogP contribution in [0.2, 0.25) is 0 Å². The first-order chi connectivity index (χ1) is 10.3. The number of likely N-dealkylation sites (tertiary alicyclic amines) is 1. The van der Waals surface area contributed by atoms with Crippen LogP contribution in [-0.4, -0.2) is 60.1 Å². The molecule has 1 saturated carbocycles. The van der Waals surface area contributed by atoms with E-state index in [1.54, 1.807) is 0 Å². The van der Waals surface area contributed by atoms with E-state index in [1.165, 1.54) is 84.1 Å². The van der Waals surface area contributed by atoms with Gasteiger partial charge in [-0.15, -0.1) is 0 Å². The van der Waals surface area contributed by atoms with Gasteiger partial charge < -0.3 is 10.2 Å². The van der Waals surface area contributed by atoms with E-state index >= 15 is 0 Å². The molecule has 0 aromatic rings. The Labute approximate surface area is 131 Å². The first-order valence-electron chi connectivity index (χ1n) is 9.49. The molecular weight excluding hydrogens is 258 g/mol. The summed E-state index contributed by atoms with van der Waals surface area (Å²) in [6.07, 6.45) is 11.1. The van der Waals surface area contributed by atoms with Crippen LogP contribution >= 0.6 is 0 Å². The maximum absolute atomic E-state index is 3.94. The van der Waals surface area contributed by atoms with Gasteiger partial charge in [-0.2, -0.15) is 0 Å². The molecule has 3 fully saturated rings. The fourth-order valence-corrected chi connectivity index (χ4v) is 4.97. The maximum Gasteiger partial charge on any atom is 0.0309 e. The fourth-order valence-electron chi connectivity index (χ4n) is 4.97. The molecule has 1 aliphatic carbocycles. The fraction of sp³-hybridized carbons (Fsp3) is 1.00. The maximum atomic E-state index is 3.94. The van der Waals surface area contributed by atoms with Gasteiger partial charge in [0.25, 0.3) is 0 Å². The molecular formula is C18H35N3. The van der Waals surface area contributed by atoms with Crippen molar-refractivity contribution in [1.82, 2.24) is 15.1 Å². The Kier molecular flexibility index (Phi) is 5.23. The molecule has 1 N–H and O–H groups in total. The summed E-state index contributed by atoms with van der Waals surface area (Å²) in [5.41, 5.74) is 0.478. The number of piperidine rings is 1. The van der Waals surface area contributed by atoms with Crippen molar-refractivity contribution in [3.05, 3.63) is 0 Å². The number of hydrogen-bond acceptors (Lipinski definition) is 3. The van der Waals surface area contributed by atoms with E-state index in [4.69, 9.17) is 0 Å². The molecule has 3 nitrogen and oxygen atoms in total. The van der Waals surface area contributed by atoms with E-state index in [2.05, 4.69) is 29.0 Å². The quantitative estimate of drug-likeness (QED) is 0.860. The van der Waals surface area contributed by atoms with E-state index in [9.17, 15) is 0 Å². The Balaban J connectivity index is 1.61. The van der Waals surface area contributed by atoms with Crippen molar-refractivity contribution in [2.45, 2.75) is 82.8 Å². The van der Waals surface area contributed by atoms with Gasteiger partial charge >= 0.3 is 0 Å². The highest BCUT2D eigenvalue weighted by Gasteiger charge is 2.42. The lowest BCUT2D eigenvalue weighted by atomic mass is 9.88. The second kappa shape index (κ2) is 6.97. The molecule has 0 aromatic carbocycles. The normalized spacial score (nSPS) is 32.0. The molecule has 122 valence electrons. The summed E-state index contributed by atoms with van der Waals surface area (Å²) < 4.78 is 0. The summed E-state index contributed by atoms with van der Waals surface area (Å²) in [6, 6.07) is 1.63. The van der Waals surface area contributed by atoms with Crippen LogP contribution < -0.4 is 5.32 Å². The Hall–Kier alpha value is -0.120. The minimum absolute atomic E-state index is 0.478. The van der Waals surface area contributed by atoms with Crippen LogP contribution in [0.1, 0.15) is 65.2 Å². The van der Waals surface area contributed by atoms with Gasteiger partial charge in [0.05, 0.1) is 0 Å². The second-order valence-electron chi connectivity index (χ2n) is 7.68. The second-order valence-corrected chi connectivity index (χ2v) is 7.68. The van der Waals surface area contributed by atoms with Crippen LogP contribution in [0.25, 0.3) is 0 Å². The number of hydrogen-bond donors (Lipinski definition) is 1. The third kappa shape index (κ3) is 3.46. The topological polar surface area (TPSA) is 18.5 Å². The highest BCUT2D eigenvalue weighted by Crippen LogP contribution is 2.35. The standard InChI is InChI=1S/C18H35N3/c1-3-11-20-12-7-17(8-13-20)21-15-18(9-5-6-10-18)19-14-16(21)4-2/h16-17,19H,3-15H2,1-2H3. The van der Waals surface area contributed by atoms with Crippen LogP contribution in [0.4, 0.5) is 0 Å². The third-order valence-electron chi connectivity index (χ3n) is 6.26. The average molecular weight is 293 g/mol. The summed E-state index contributed by atoms with van der Waals surface area (Å²) >= 11 is 0. The molecule has 3 heteroatoms. The van der Waals surface area contributed by atoms with Crippen molar-refractivity contribution in [1.29, 1.82) is 0 Å². The zero-order valence-electron chi connectivity index (χ0n) is 14.2. The molecule has 3 rings (SSSR count). The van der Waals surface area contributed by atoms with Crippen LogP contribution in [-0.2, 0) is 0 Å². The van der Waals surface area contributed by atoms with Crippen LogP contribution in [0, 0.1) is 0 Å². The predicted molar refractivity (Wildman–Crippen MR) is 89.7 cm³/mol. The van der Waals surface area contributed by atoms with Gasteiger partial charge in [-0.05, 0) is 58.2 Å². The Morgan fingerprint density at radius 1 is 1.10 bits per heavy atom. The summed E-state index contributed by atoms with van der Waals surface area (Å²) in [6.45, 7) is 11.2. The molecule has 21 heavy (non-hydrogen) atoms. The van der Waals surface area contributed by atoms with E-state index in [1.807, 2.05) is 0 Å². The largest absolute Gasteiger partial charge is 0.308 e. The van der Waals surface area contributed by atoms with Gasteiger partial charge in [0.2, 0.25) is 0 Å². The van der Waals surface area contributed by atoms with Crippen molar-refractivity contribution < 1.29 is 0 Å². The van der Waals surface area contributed by atoms with Gasteiger partial charge in [-0.1, -0.05) is 26.7 Å². The van der Waals surface area contributed by atoms with Gasteiger partial charge in [-0.3, -0.25) is 4.90 Å². The molecule has 1 atom stereocenters. The zero-order valence-corrected chi connectivity index (χ0v) is 14.2. The van der Waals surface area contributed by atoms with Gasteiger partial charge in [0.15, 0.2) is 0 Å². The summed E-state index contributed by atoms with van der Waals surface area (Å²) in [7, 11) is 0. The SMILES string of the molecule is CCCN1CCC(N2CC3(CCCC3)NCC2CC)CC1. The van der Waals surface area contributed by atoms with Crippen LogP contribution in [0.15, 0.2) is 0 Å². The molecule has 3 aliphatic rings. The van der Waals surface area contributed by atoms with E-state index in [0.717, 1.165) is 12.1 Å². The van der Waals surface area contributed by atoms with E-state index in [-0.39, 0.29) is 0 Å². The highest BCUT2D eigenvalue weighted by atomic mass is 15.3. The first-order valence-corrected chi connectivity index (χ1v) is 9.49. The number of rotatable bonds is 4. The smallest absolute Gasteiger partial charge is 0.0309 e. The molecule has 0 amide bonds. The number of nitrogens with one attached hydrogen (secondary N) is 1. The highest BCUT2D eigenvalue weighted by molar-refractivity contribution is 5.02. The number of nitrogens with zero attached hydrogens (tertiary/aromatic N) is 2. The molecule has 2 aliphatic heterocycles. The monoisotopic (exact) mass is 293 g/mol. The Morgan fingerprint density at radius 3 is 2.43 bits per heavy atom. The summed E-state index contributed by atoms with van der Waals surface area (Å²) in [5, 5.41) is 3.94. The zero-order chi connectivity index (χ0) is 14.7. The van der Waals surface area contributed by atoms with Crippen LogP contribution in [0.5, 0.6) is 0 Å². The molecule has 0 bridgehead atoms. The third-order valence-corrected chi connectivity index (χ3v) is 6.26. The number of piperazine rings is 1. The molecule has 1 unspecified atom stereocenters. The summed E-state index contributed by atoms with van der Waals surface area (Å²) in [5.74, 6) is 0. The van der Waals surface area contributed by atoms with Crippen molar-refractivity contribution >= 4 is 0 Å². The Morgan fingerprint density at radius 2 is 1.81 bits per heavy atom. The van der Waals surface area contributed by atoms with Gasteiger partial charge in [-0.25, -0.2) is 0 Å². The Bertz CT molecular complexity index is 316. The van der Waals surface area contributed by atoms with Crippen molar-refractivity contribution in [2.75, 3.05) is 32.7 Å². The minimum Gasteiger partial charge on any atom is -0.308 e. The summed E-state index contributed by atoms with van der Waals surface area (Å²) in [4.78, 5) is 5.59. The first kappa shape index (κ1) is 15.8. The van der Waals surface area contributed by atoms with Gasteiger partial charge in [0, 0.05) is 30.7 Å². The average Bonchev–Trinajstić information content (AvgIpc) is 2.96. The lowest BCUT2D eigenvalue weighted by Gasteiger charge is -2.51. The lowest BCUT2D eigenvalue weighted by molar-refractivity contribution is 0.0138. The molecule has 1 spiro atoms. The lowest BCUT2D eigenvalue weighted by Crippen LogP contribution is -2.66. The molecule has 0 aromatic heterocycles. The van der Waals surface area contributed by atoms with Crippen molar-refractivity contribution in [3.63, 3.8) is 0 Å². The van der Waals surface area contributed by atoms with E-state index < -0.39 is 0 Å². The minimum atomic E-state index is 0.478. The predicted octanol–water partition coefficient (Wildman–Crippen LogP) is 2.86. The van der Waals surface area contributed by atoms with Crippen LogP contribution in [0.3, 0.4) is 0 Å². The van der Waals surface area contributed by atoms with Crippen molar-refractivity contribution in [2.24, 2.45) is 0 Å². The molecule has 2 heterocycles. The molecule has 2 saturated heterocycles.